The standard InChI is InChI=1S/C16H14BrN3O/c1-10-19-14-6-5-12(8-15(14)20-10)16(21)18-9-11-3-2-4-13(17)7-11/h2-8H,9H2,1H3,(H,18,21)(H,19,20). The molecule has 0 saturated carbocycles. The Hall–Kier alpha value is -2.14. The highest BCUT2D eigenvalue weighted by molar-refractivity contribution is 9.10. The molecule has 0 unspecified atom stereocenters. The maximum absolute atomic E-state index is 12.2. The first kappa shape index (κ1) is 13.8. The summed E-state index contributed by atoms with van der Waals surface area (Å²) in [6.07, 6.45) is 0. The molecular formula is C16H14BrN3O. The highest BCUT2D eigenvalue weighted by atomic mass is 79.9. The van der Waals surface area contributed by atoms with E-state index in [4.69, 9.17) is 0 Å². The maximum atomic E-state index is 12.2. The minimum atomic E-state index is -0.0934. The fourth-order valence-electron chi connectivity index (χ4n) is 2.21. The first-order valence-electron chi connectivity index (χ1n) is 6.61. The number of hydrogen-bond acceptors (Lipinski definition) is 2. The number of carbonyl (C=O) groups excluding carboxylic acids is 1. The molecule has 0 atom stereocenters. The van der Waals surface area contributed by atoms with Crippen molar-refractivity contribution in [2.45, 2.75) is 13.5 Å². The van der Waals surface area contributed by atoms with Gasteiger partial charge in [-0.3, -0.25) is 4.79 Å². The number of aryl methyl sites for hydroxylation is 1. The third kappa shape index (κ3) is 3.13. The van der Waals surface area contributed by atoms with Crippen molar-refractivity contribution in [1.82, 2.24) is 15.3 Å². The van der Waals surface area contributed by atoms with Crippen LogP contribution < -0.4 is 5.32 Å². The number of nitrogens with zero attached hydrogens (tertiary/aromatic N) is 1. The predicted molar refractivity (Wildman–Crippen MR) is 86.1 cm³/mol. The molecule has 1 aromatic heterocycles. The van der Waals surface area contributed by atoms with Gasteiger partial charge < -0.3 is 10.3 Å². The van der Waals surface area contributed by atoms with E-state index < -0.39 is 0 Å². The Morgan fingerprint density at radius 1 is 1.29 bits per heavy atom. The predicted octanol–water partition coefficient (Wildman–Crippen LogP) is 3.56. The van der Waals surface area contributed by atoms with Crippen LogP contribution in [0.5, 0.6) is 0 Å². The van der Waals surface area contributed by atoms with E-state index in [0.717, 1.165) is 26.9 Å². The summed E-state index contributed by atoms with van der Waals surface area (Å²) in [7, 11) is 0. The Morgan fingerprint density at radius 3 is 2.95 bits per heavy atom. The number of imidazole rings is 1. The maximum Gasteiger partial charge on any atom is 0.251 e. The molecule has 0 radical (unpaired) electrons. The molecular weight excluding hydrogens is 330 g/mol. The van der Waals surface area contributed by atoms with E-state index in [1.807, 2.05) is 43.3 Å². The third-order valence-corrected chi connectivity index (χ3v) is 3.70. The number of carbonyl (C=O) groups is 1. The fraction of sp³-hybridized carbons (Fsp3) is 0.125. The molecule has 4 nitrogen and oxygen atoms in total. The van der Waals surface area contributed by atoms with Crippen molar-refractivity contribution in [3.05, 3.63) is 63.9 Å². The molecule has 106 valence electrons. The molecule has 5 heteroatoms. The summed E-state index contributed by atoms with van der Waals surface area (Å²) >= 11 is 3.42. The second kappa shape index (κ2) is 5.69. The van der Waals surface area contributed by atoms with Crippen LogP contribution >= 0.6 is 15.9 Å². The van der Waals surface area contributed by atoms with E-state index in [2.05, 4.69) is 31.2 Å². The van der Waals surface area contributed by atoms with Gasteiger partial charge in [0, 0.05) is 16.6 Å². The average Bonchev–Trinajstić information content (AvgIpc) is 2.84. The minimum Gasteiger partial charge on any atom is -0.348 e. The minimum absolute atomic E-state index is 0.0934. The number of halogens is 1. The summed E-state index contributed by atoms with van der Waals surface area (Å²) in [6.45, 7) is 2.39. The van der Waals surface area contributed by atoms with Crippen molar-refractivity contribution >= 4 is 32.9 Å². The molecule has 0 spiro atoms. The molecule has 1 amide bonds. The molecule has 2 N–H and O–H groups in total. The van der Waals surface area contributed by atoms with E-state index in [1.54, 1.807) is 6.07 Å². The zero-order chi connectivity index (χ0) is 14.8. The summed E-state index contributed by atoms with van der Waals surface area (Å²) in [4.78, 5) is 19.7. The molecule has 0 saturated heterocycles. The number of rotatable bonds is 3. The highest BCUT2D eigenvalue weighted by Crippen LogP contribution is 2.14. The molecule has 0 aliphatic carbocycles. The number of aromatic nitrogens is 2. The molecule has 0 bridgehead atoms. The van der Waals surface area contributed by atoms with Gasteiger partial charge in [0.1, 0.15) is 5.82 Å². The highest BCUT2D eigenvalue weighted by Gasteiger charge is 2.08. The fourth-order valence-corrected chi connectivity index (χ4v) is 2.66. The van der Waals surface area contributed by atoms with Crippen molar-refractivity contribution in [2.75, 3.05) is 0 Å². The monoisotopic (exact) mass is 343 g/mol. The van der Waals surface area contributed by atoms with Gasteiger partial charge >= 0.3 is 0 Å². The quantitative estimate of drug-likeness (QED) is 0.763. The van der Waals surface area contributed by atoms with Crippen LogP contribution in [0.1, 0.15) is 21.7 Å². The van der Waals surface area contributed by atoms with E-state index in [1.165, 1.54) is 0 Å². The molecule has 0 aliphatic rings. The second-order valence-electron chi connectivity index (χ2n) is 4.87. The van der Waals surface area contributed by atoms with E-state index in [9.17, 15) is 4.79 Å². The molecule has 0 fully saturated rings. The van der Waals surface area contributed by atoms with Gasteiger partial charge in [-0.2, -0.15) is 0 Å². The normalized spacial score (nSPS) is 10.8. The van der Waals surface area contributed by atoms with Crippen molar-refractivity contribution in [2.24, 2.45) is 0 Å². The van der Waals surface area contributed by atoms with Crippen LogP contribution in [-0.2, 0) is 6.54 Å². The number of hydrogen-bond donors (Lipinski definition) is 2. The van der Waals surface area contributed by atoms with E-state index in [0.29, 0.717) is 12.1 Å². The molecule has 2 aromatic carbocycles. The lowest BCUT2D eigenvalue weighted by atomic mass is 10.1. The third-order valence-electron chi connectivity index (χ3n) is 3.20. The van der Waals surface area contributed by atoms with Crippen molar-refractivity contribution in [1.29, 1.82) is 0 Å². The largest absolute Gasteiger partial charge is 0.348 e. The number of aromatic amines is 1. The van der Waals surface area contributed by atoms with Crippen LogP contribution in [0.4, 0.5) is 0 Å². The van der Waals surface area contributed by atoms with Gasteiger partial charge in [0.15, 0.2) is 0 Å². The molecule has 21 heavy (non-hydrogen) atoms. The zero-order valence-electron chi connectivity index (χ0n) is 11.5. The summed E-state index contributed by atoms with van der Waals surface area (Å²) in [5.41, 5.74) is 3.43. The SMILES string of the molecule is Cc1nc2ccc(C(=O)NCc3cccc(Br)c3)cc2[nH]1. The van der Waals surface area contributed by atoms with Gasteiger partial charge in [-0.05, 0) is 42.8 Å². The van der Waals surface area contributed by atoms with Crippen LogP contribution in [0.15, 0.2) is 46.9 Å². The van der Waals surface area contributed by atoms with Crippen LogP contribution in [0.25, 0.3) is 11.0 Å². The summed E-state index contributed by atoms with van der Waals surface area (Å²) in [5.74, 6) is 0.751. The van der Waals surface area contributed by atoms with Crippen LogP contribution in [0.3, 0.4) is 0 Å². The Bertz CT molecular complexity index is 810. The van der Waals surface area contributed by atoms with Crippen LogP contribution in [-0.4, -0.2) is 15.9 Å². The van der Waals surface area contributed by atoms with Crippen LogP contribution in [0, 0.1) is 6.92 Å². The van der Waals surface area contributed by atoms with Crippen molar-refractivity contribution in [3.8, 4) is 0 Å². The van der Waals surface area contributed by atoms with Crippen molar-refractivity contribution < 1.29 is 4.79 Å². The molecule has 1 heterocycles. The second-order valence-corrected chi connectivity index (χ2v) is 5.78. The van der Waals surface area contributed by atoms with Gasteiger partial charge in [0.25, 0.3) is 5.91 Å². The van der Waals surface area contributed by atoms with Gasteiger partial charge in [-0.15, -0.1) is 0 Å². The number of H-pyrrole nitrogens is 1. The summed E-state index contributed by atoms with van der Waals surface area (Å²) in [6, 6.07) is 13.3. The Balaban J connectivity index is 1.74. The van der Waals surface area contributed by atoms with E-state index in [-0.39, 0.29) is 5.91 Å². The lowest BCUT2D eigenvalue weighted by Gasteiger charge is -2.06. The van der Waals surface area contributed by atoms with Gasteiger partial charge in [0.05, 0.1) is 11.0 Å². The number of fused-ring (bicyclic) bond motifs is 1. The number of nitrogens with one attached hydrogen (secondary N) is 2. The smallest absolute Gasteiger partial charge is 0.251 e. The first-order valence-corrected chi connectivity index (χ1v) is 7.40. The Kier molecular flexibility index (Phi) is 3.75. The number of amides is 1. The summed E-state index contributed by atoms with van der Waals surface area (Å²) in [5, 5.41) is 2.92. The van der Waals surface area contributed by atoms with Crippen LogP contribution in [0.2, 0.25) is 0 Å². The number of benzene rings is 2. The van der Waals surface area contributed by atoms with Crippen molar-refractivity contribution in [3.63, 3.8) is 0 Å². The first-order chi connectivity index (χ1) is 10.1. The molecule has 0 aliphatic heterocycles. The van der Waals surface area contributed by atoms with Gasteiger partial charge in [0.2, 0.25) is 0 Å². The lowest BCUT2D eigenvalue weighted by Crippen LogP contribution is -2.22. The Labute approximate surface area is 130 Å². The Morgan fingerprint density at radius 2 is 2.14 bits per heavy atom. The van der Waals surface area contributed by atoms with E-state index >= 15 is 0 Å². The van der Waals surface area contributed by atoms with Gasteiger partial charge in [-0.25, -0.2) is 4.98 Å². The summed E-state index contributed by atoms with van der Waals surface area (Å²) < 4.78 is 1.00. The lowest BCUT2D eigenvalue weighted by molar-refractivity contribution is 0.0951. The topological polar surface area (TPSA) is 57.8 Å². The molecule has 3 rings (SSSR count). The zero-order valence-corrected chi connectivity index (χ0v) is 13.1. The molecule has 3 aromatic rings. The average molecular weight is 344 g/mol. The van der Waals surface area contributed by atoms with Gasteiger partial charge in [-0.1, -0.05) is 28.1 Å².